The first kappa shape index (κ1) is 15.4. The summed E-state index contributed by atoms with van der Waals surface area (Å²) in [4.78, 5) is 11.2. The number of carboxylic acids is 1. The van der Waals surface area contributed by atoms with E-state index < -0.39 is 11.5 Å². The fourth-order valence-corrected chi connectivity index (χ4v) is 2.34. The molecule has 0 radical (unpaired) electrons. The van der Waals surface area contributed by atoms with E-state index in [1.807, 2.05) is 20.8 Å². The van der Waals surface area contributed by atoms with E-state index in [1.165, 1.54) is 0 Å². The average Bonchev–Trinajstić information content (AvgIpc) is 2.25. The Morgan fingerprint density at radius 2 is 2.00 bits per heavy atom. The van der Waals surface area contributed by atoms with E-state index in [4.69, 9.17) is 9.47 Å². The van der Waals surface area contributed by atoms with Crippen LogP contribution in [0.4, 0.5) is 0 Å². The van der Waals surface area contributed by atoms with Crippen molar-refractivity contribution in [3.05, 3.63) is 0 Å². The van der Waals surface area contributed by atoms with Crippen LogP contribution in [0.2, 0.25) is 0 Å². The third-order valence-corrected chi connectivity index (χ3v) is 3.30. The Kier molecular flexibility index (Phi) is 5.56. The largest absolute Gasteiger partial charge is 0.480 e. The number of hydrogen-bond acceptors (Lipinski definition) is 4. The predicted molar refractivity (Wildman–Crippen MR) is 68.7 cm³/mol. The van der Waals surface area contributed by atoms with Gasteiger partial charge in [0.2, 0.25) is 0 Å². The first-order valence-corrected chi connectivity index (χ1v) is 6.63. The molecular formula is C13H25NO4. The highest BCUT2D eigenvalue weighted by atomic mass is 16.5. The first-order valence-electron chi connectivity index (χ1n) is 6.63. The fourth-order valence-electron chi connectivity index (χ4n) is 2.34. The van der Waals surface area contributed by atoms with Gasteiger partial charge in [-0.3, -0.25) is 4.79 Å². The van der Waals surface area contributed by atoms with Crippen molar-refractivity contribution in [1.82, 2.24) is 5.32 Å². The Labute approximate surface area is 109 Å². The summed E-state index contributed by atoms with van der Waals surface area (Å²) < 4.78 is 11.4. The number of nitrogens with one attached hydrogen (secondary N) is 1. The Balaban J connectivity index is 2.49. The maximum Gasteiger partial charge on any atom is 0.326 e. The number of carboxylic acid groups (broad SMARTS) is 1. The van der Waals surface area contributed by atoms with Gasteiger partial charge in [-0.2, -0.15) is 0 Å². The molecule has 1 rings (SSSR count). The lowest BCUT2D eigenvalue weighted by Crippen LogP contribution is -2.54. The highest BCUT2D eigenvalue weighted by Gasteiger charge is 2.34. The maximum atomic E-state index is 11.2. The molecule has 3 atom stereocenters. The fraction of sp³-hybridized carbons (Fsp3) is 0.923. The summed E-state index contributed by atoms with van der Waals surface area (Å²) >= 11 is 0. The molecule has 0 bridgehead atoms. The van der Waals surface area contributed by atoms with Crippen LogP contribution in [0.15, 0.2) is 0 Å². The van der Waals surface area contributed by atoms with Crippen LogP contribution in [-0.4, -0.2) is 48.1 Å². The van der Waals surface area contributed by atoms with Gasteiger partial charge in [-0.15, -0.1) is 0 Å². The Hall–Kier alpha value is -0.650. The highest BCUT2D eigenvalue weighted by Crippen LogP contribution is 2.22. The van der Waals surface area contributed by atoms with E-state index in [0.717, 1.165) is 12.8 Å². The number of ether oxygens (including phenoxy) is 2. The SMILES string of the molecule is CCNC(C)(COC1CC(C)OC(C)C1)C(=O)O. The number of rotatable bonds is 6. The number of aliphatic carboxylic acids is 1. The second-order valence-electron chi connectivity index (χ2n) is 5.33. The minimum absolute atomic E-state index is 0.0843. The summed E-state index contributed by atoms with van der Waals surface area (Å²) in [5.74, 6) is -0.877. The predicted octanol–water partition coefficient (Wildman–Crippen LogP) is 1.41. The monoisotopic (exact) mass is 259 g/mol. The molecule has 3 unspecified atom stereocenters. The highest BCUT2D eigenvalue weighted by molar-refractivity contribution is 5.78. The minimum atomic E-state index is -1.01. The van der Waals surface area contributed by atoms with Gasteiger partial charge in [0.05, 0.1) is 24.9 Å². The molecule has 1 fully saturated rings. The van der Waals surface area contributed by atoms with Gasteiger partial charge in [0.25, 0.3) is 0 Å². The van der Waals surface area contributed by atoms with Gasteiger partial charge in [0.1, 0.15) is 5.54 Å². The van der Waals surface area contributed by atoms with Gasteiger partial charge in [-0.05, 0) is 40.2 Å². The topological polar surface area (TPSA) is 67.8 Å². The van der Waals surface area contributed by atoms with Crippen LogP contribution in [-0.2, 0) is 14.3 Å². The van der Waals surface area contributed by atoms with E-state index in [2.05, 4.69) is 5.32 Å². The first-order chi connectivity index (χ1) is 8.37. The van der Waals surface area contributed by atoms with E-state index in [-0.39, 0.29) is 24.9 Å². The van der Waals surface area contributed by atoms with Crippen LogP contribution in [0.25, 0.3) is 0 Å². The molecule has 106 valence electrons. The van der Waals surface area contributed by atoms with Crippen LogP contribution in [0, 0.1) is 0 Å². The zero-order valence-electron chi connectivity index (χ0n) is 11.7. The molecule has 1 heterocycles. The van der Waals surface area contributed by atoms with Gasteiger partial charge in [0.15, 0.2) is 0 Å². The van der Waals surface area contributed by atoms with Crippen molar-refractivity contribution in [2.45, 2.75) is 64.4 Å². The molecule has 0 aromatic carbocycles. The van der Waals surface area contributed by atoms with E-state index >= 15 is 0 Å². The minimum Gasteiger partial charge on any atom is -0.480 e. The van der Waals surface area contributed by atoms with Crippen molar-refractivity contribution in [2.24, 2.45) is 0 Å². The van der Waals surface area contributed by atoms with Crippen molar-refractivity contribution in [3.63, 3.8) is 0 Å². The molecular weight excluding hydrogens is 234 g/mol. The van der Waals surface area contributed by atoms with Crippen molar-refractivity contribution in [1.29, 1.82) is 0 Å². The molecule has 0 saturated carbocycles. The van der Waals surface area contributed by atoms with Crippen LogP contribution in [0.3, 0.4) is 0 Å². The van der Waals surface area contributed by atoms with Crippen LogP contribution < -0.4 is 5.32 Å². The summed E-state index contributed by atoms with van der Waals surface area (Å²) in [5.41, 5.74) is -1.01. The van der Waals surface area contributed by atoms with Crippen LogP contribution in [0.5, 0.6) is 0 Å². The zero-order valence-corrected chi connectivity index (χ0v) is 11.7. The zero-order chi connectivity index (χ0) is 13.8. The second-order valence-corrected chi connectivity index (χ2v) is 5.33. The summed E-state index contributed by atoms with van der Waals surface area (Å²) in [6.07, 6.45) is 2.09. The van der Waals surface area contributed by atoms with E-state index in [9.17, 15) is 9.90 Å². The van der Waals surface area contributed by atoms with Crippen molar-refractivity contribution in [2.75, 3.05) is 13.2 Å². The van der Waals surface area contributed by atoms with E-state index in [1.54, 1.807) is 6.92 Å². The van der Waals surface area contributed by atoms with E-state index in [0.29, 0.717) is 6.54 Å². The second kappa shape index (κ2) is 6.50. The molecule has 1 aliphatic rings. The quantitative estimate of drug-likeness (QED) is 0.755. The molecule has 0 aliphatic carbocycles. The molecule has 0 aromatic heterocycles. The Morgan fingerprint density at radius 3 is 2.44 bits per heavy atom. The Morgan fingerprint density at radius 1 is 1.44 bits per heavy atom. The molecule has 5 nitrogen and oxygen atoms in total. The molecule has 0 aromatic rings. The van der Waals surface area contributed by atoms with Gasteiger partial charge >= 0.3 is 5.97 Å². The molecule has 18 heavy (non-hydrogen) atoms. The normalized spacial score (nSPS) is 31.9. The molecule has 0 spiro atoms. The van der Waals surface area contributed by atoms with Crippen LogP contribution in [0.1, 0.15) is 40.5 Å². The molecule has 2 N–H and O–H groups in total. The lowest BCUT2D eigenvalue weighted by Gasteiger charge is -2.34. The molecule has 5 heteroatoms. The number of likely N-dealkylation sites (N-methyl/N-ethyl adjacent to an activating group) is 1. The van der Waals surface area contributed by atoms with Gasteiger partial charge < -0.3 is 19.9 Å². The lowest BCUT2D eigenvalue weighted by molar-refractivity contribution is -0.151. The van der Waals surface area contributed by atoms with Crippen LogP contribution >= 0.6 is 0 Å². The lowest BCUT2D eigenvalue weighted by atomic mass is 10.0. The molecule has 1 saturated heterocycles. The van der Waals surface area contributed by atoms with Gasteiger partial charge in [-0.1, -0.05) is 6.92 Å². The summed E-state index contributed by atoms with van der Waals surface area (Å²) in [6.45, 7) is 8.37. The Bertz CT molecular complexity index is 274. The van der Waals surface area contributed by atoms with Crippen molar-refractivity contribution in [3.8, 4) is 0 Å². The smallest absolute Gasteiger partial charge is 0.326 e. The third kappa shape index (κ3) is 4.23. The average molecular weight is 259 g/mol. The number of hydrogen-bond donors (Lipinski definition) is 2. The van der Waals surface area contributed by atoms with Crippen molar-refractivity contribution >= 4 is 5.97 Å². The van der Waals surface area contributed by atoms with Gasteiger partial charge in [0, 0.05) is 0 Å². The standard InChI is InChI=1S/C13H25NO4/c1-5-14-13(4,12(15)16)8-17-11-6-9(2)18-10(3)7-11/h9-11,14H,5-8H2,1-4H3,(H,15,16). The number of carbonyl (C=O) groups is 1. The maximum absolute atomic E-state index is 11.2. The molecule has 1 aliphatic heterocycles. The van der Waals surface area contributed by atoms with Gasteiger partial charge in [-0.25, -0.2) is 0 Å². The molecule has 0 amide bonds. The summed E-state index contributed by atoms with van der Waals surface area (Å²) in [5, 5.41) is 12.2. The summed E-state index contributed by atoms with van der Waals surface area (Å²) in [6, 6.07) is 0. The van der Waals surface area contributed by atoms with Crippen molar-refractivity contribution < 1.29 is 19.4 Å². The summed E-state index contributed by atoms with van der Waals surface area (Å²) in [7, 11) is 0. The third-order valence-electron chi connectivity index (χ3n) is 3.30.